The minimum Gasteiger partial charge on any atom is -0.389 e. The summed E-state index contributed by atoms with van der Waals surface area (Å²) in [5.41, 5.74) is 2.05. The number of aliphatic hydroxyl groups is 1. The standard InChI is InChI=1S/C34H39F9N6O/c1-3-29(48-13-11-31(50,12-14-48)19-22-7-5-4-6-8-22)28-10-9-25(32(35,36)37)17-24(28)21-49(30(44)46-47(2)45)20-23-15-26(33(38,39)40)18-27(16-23)34(41,42)43/h4-10,15-18,29,50H,3,11-14,19-21,45H2,1-2H3,(H2,44,46). The van der Waals surface area contributed by atoms with Gasteiger partial charge in [0.2, 0.25) is 5.96 Å². The molecule has 274 valence electrons. The molecule has 0 amide bonds. The molecule has 0 bridgehead atoms. The molecule has 4 rings (SSSR count). The fourth-order valence-corrected chi connectivity index (χ4v) is 6.30. The molecule has 0 saturated carbocycles. The molecule has 1 saturated heterocycles. The molecule has 1 fully saturated rings. The van der Waals surface area contributed by atoms with E-state index in [9.17, 15) is 44.6 Å². The third kappa shape index (κ3) is 10.0. The van der Waals surface area contributed by atoms with Crippen LogP contribution in [0.1, 0.15) is 71.2 Å². The largest absolute Gasteiger partial charge is 0.416 e. The summed E-state index contributed by atoms with van der Waals surface area (Å²) in [5, 5.41) is 15.9. The summed E-state index contributed by atoms with van der Waals surface area (Å²) in [7, 11) is 1.26. The Kier molecular flexibility index (Phi) is 11.7. The first-order valence-electron chi connectivity index (χ1n) is 15.7. The van der Waals surface area contributed by atoms with Crippen molar-refractivity contribution in [2.45, 2.75) is 75.9 Å². The molecule has 0 spiro atoms. The number of benzene rings is 3. The van der Waals surface area contributed by atoms with Crippen molar-refractivity contribution < 1.29 is 44.6 Å². The second-order valence-corrected chi connectivity index (χ2v) is 12.6. The maximum Gasteiger partial charge on any atom is 0.416 e. The first-order chi connectivity index (χ1) is 23.2. The van der Waals surface area contributed by atoms with Gasteiger partial charge >= 0.3 is 18.5 Å². The van der Waals surface area contributed by atoms with Gasteiger partial charge in [0.05, 0.1) is 22.3 Å². The van der Waals surface area contributed by atoms with E-state index >= 15 is 0 Å². The van der Waals surface area contributed by atoms with Crippen molar-refractivity contribution in [2.75, 3.05) is 20.1 Å². The molecule has 3 aromatic carbocycles. The highest BCUT2D eigenvalue weighted by Crippen LogP contribution is 2.39. The lowest BCUT2D eigenvalue weighted by atomic mass is 9.84. The molecular formula is C34H39F9N6O. The third-order valence-electron chi connectivity index (χ3n) is 8.73. The zero-order chi connectivity index (χ0) is 37.1. The summed E-state index contributed by atoms with van der Waals surface area (Å²) >= 11 is 0. The number of hydrogen-bond acceptors (Lipinski definition) is 5. The predicted octanol–water partition coefficient (Wildman–Crippen LogP) is 7.30. The zero-order valence-electron chi connectivity index (χ0n) is 27.4. The lowest BCUT2D eigenvalue weighted by Crippen LogP contribution is -2.47. The van der Waals surface area contributed by atoms with E-state index in [1.165, 1.54) is 13.1 Å². The van der Waals surface area contributed by atoms with Gasteiger partial charge in [-0.05, 0) is 71.8 Å². The van der Waals surface area contributed by atoms with Crippen LogP contribution in [0.5, 0.6) is 0 Å². The Morgan fingerprint density at radius 1 is 0.820 bits per heavy atom. The molecule has 16 heteroatoms. The van der Waals surface area contributed by atoms with Gasteiger partial charge in [-0.2, -0.15) is 39.5 Å². The first-order valence-corrected chi connectivity index (χ1v) is 15.7. The van der Waals surface area contributed by atoms with Gasteiger partial charge in [0.25, 0.3) is 0 Å². The lowest BCUT2D eigenvalue weighted by Gasteiger charge is -2.42. The van der Waals surface area contributed by atoms with E-state index in [0.717, 1.165) is 27.7 Å². The predicted molar refractivity (Wildman–Crippen MR) is 170 cm³/mol. The van der Waals surface area contributed by atoms with Crippen molar-refractivity contribution in [3.8, 4) is 0 Å². The Morgan fingerprint density at radius 3 is 1.88 bits per heavy atom. The van der Waals surface area contributed by atoms with Crippen LogP contribution in [-0.4, -0.2) is 51.7 Å². The van der Waals surface area contributed by atoms with E-state index in [1.807, 2.05) is 42.2 Å². The van der Waals surface area contributed by atoms with Crippen LogP contribution < -0.4 is 11.6 Å². The highest BCUT2D eigenvalue weighted by atomic mass is 19.4. The molecule has 7 nitrogen and oxygen atoms in total. The summed E-state index contributed by atoms with van der Waals surface area (Å²) in [6.45, 7) is 1.52. The molecule has 1 heterocycles. The number of nitrogens with zero attached hydrogens (tertiary/aromatic N) is 4. The van der Waals surface area contributed by atoms with Crippen LogP contribution in [0.15, 0.2) is 71.8 Å². The summed E-state index contributed by atoms with van der Waals surface area (Å²) in [6.07, 6.45) is -13.4. The topological polar surface area (TPSA) is 94.3 Å². The van der Waals surface area contributed by atoms with Crippen molar-refractivity contribution in [1.29, 1.82) is 0 Å². The van der Waals surface area contributed by atoms with Crippen LogP contribution >= 0.6 is 0 Å². The van der Waals surface area contributed by atoms with E-state index < -0.39 is 71.5 Å². The van der Waals surface area contributed by atoms with Gasteiger partial charge in [-0.3, -0.25) is 4.90 Å². The highest BCUT2D eigenvalue weighted by molar-refractivity contribution is 5.78. The van der Waals surface area contributed by atoms with Crippen LogP contribution in [0.3, 0.4) is 0 Å². The lowest BCUT2D eigenvalue weighted by molar-refractivity contribution is -0.143. The molecular weight excluding hydrogens is 679 g/mol. The second kappa shape index (κ2) is 15.1. The number of halogens is 9. The van der Waals surface area contributed by atoms with Gasteiger partial charge in [-0.1, -0.05) is 43.3 Å². The number of hydrogen-bond donors (Lipinski definition) is 3. The SMILES string of the molecule is CCC(c1ccc(C(F)(F)F)cc1CN(Cc1cc(C(F)(F)F)cc(C(F)(F)F)c1)/C(N)=N/N(C)N)N1CCC(O)(Cc2ccccc2)CC1. The summed E-state index contributed by atoms with van der Waals surface area (Å²) in [4.78, 5) is 3.11. The molecule has 1 unspecified atom stereocenters. The quantitative estimate of drug-likeness (QED) is 0.0670. The van der Waals surface area contributed by atoms with Crippen molar-refractivity contribution in [3.05, 3.63) is 106 Å². The number of nitrogens with two attached hydrogens (primary N) is 2. The van der Waals surface area contributed by atoms with Gasteiger partial charge in [0, 0.05) is 45.7 Å². The van der Waals surface area contributed by atoms with E-state index in [4.69, 9.17) is 11.6 Å². The number of likely N-dealkylation sites (tertiary alicyclic amines) is 1. The number of hydrazone groups is 1. The smallest absolute Gasteiger partial charge is 0.389 e. The van der Waals surface area contributed by atoms with Gasteiger partial charge in [-0.25, -0.2) is 11.0 Å². The molecule has 50 heavy (non-hydrogen) atoms. The van der Waals surface area contributed by atoms with Crippen molar-refractivity contribution in [1.82, 2.24) is 14.9 Å². The Labute approximate surface area is 283 Å². The van der Waals surface area contributed by atoms with Crippen molar-refractivity contribution >= 4 is 5.96 Å². The molecule has 0 radical (unpaired) electrons. The maximum absolute atomic E-state index is 14.0. The number of alkyl halides is 9. The van der Waals surface area contributed by atoms with Crippen LogP contribution in [0.2, 0.25) is 0 Å². The zero-order valence-corrected chi connectivity index (χ0v) is 27.4. The van der Waals surface area contributed by atoms with Gasteiger partial charge in [0.1, 0.15) is 0 Å². The van der Waals surface area contributed by atoms with Gasteiger partial charge < -0.3 is 15.7 Å². The van der Waals surface area contributed by atoms with Crippen LogP contribution in [0.25, 0.3) is 0 Å². The number of rotatable bonds is 10. The fourth-order valence-electron chi connectivity index (χ4n) is 6.30. The van der Waals surface area contributed by atoms with Crippen LogP contribution in [0.4, 0.5) is 39.5 Å². The third-order valence-corrected chi connectivity index (χ3v) is 8.73. The Balaban J connectivity index is 1.72. The van der Waals surface area contributed by atoms with Crippen molar-refractivity contribution in [2.24, 2.45) is 16.7 Å². The normalized spacial score (nSPS) is 16.7. The first kappa shape index (κ1) is 38.8. The number of piperidine rings is 1. The maximum atomic E-state index is 14.0. The summed E-state index contributed by atoms with van der Waals surface area (Å²) in [5.74, 6) is 5.14. The molecule has 0 aliphatic carbocycles. The molecule has 0 aromatic heterocycles. The average Bonchev–Trinajstić information content (AvgIpc) is 3.01. The van der Waals surface area contributed by atoms with Crippen molar-refractivity contribution in [3.63, 3.8) is 0 Å². The van der Waals surface area contributed by atoms with E-state index in [2.05, 4.69) is 5.10 Å². The molecule has 1 atom stereocenters. The minimum absolute atomic E-state index is 0.0186. The molecule has 1 aliphatic rings. The number of guanidine groups is 1. The Morgan fingerprint density at radius 2 is 1.38 bits per heavy atom. The number of hydrazine groups is 1. The van der Waals surface area contributed by atoms with E-state index in [0.29, 0.717) is 56.5 Å². The van der Waals surface area contributed by atoms with Gasteiger partial charge in [-0.15, -0.1) is 5.10 Å². The minimum atomic E-state index is -5.12. The molecule has 3 aromatic rings. The van der Waals surface area contributed by atoms with Crippen LogP contribution in [-0.2, 0) is 38.0 Å². The molecule has 1 aliphatic heterocycles. The average molecular weight is 719 g/mol. The molecule has 5 N–H and O–H groups in total. The van der Waals surface area contributed by atoms with E-state index in [-0.39, 0.29) is 11.6 Å². The fraction of sp³-hybridized carbons (Fsp3) is 0.441. The Bertz CT molecular complexity index is 1580. The van der Waals surface area contributed by atoms with E-state index in [1.54, 1.807) is 0 Å². The highest BCUT2D eigenvalue weighted by Gasteiger charge is 2.39. The monoisotopic (exact) mass is 718 g/mol. The summed E-state index contributed by atoms with van der Waals surface area (Å²) < 4.78 is 124. The van der Waals surface area contributed by atoms with Gasteiger partial charge in [0.15, 0.2) is 0 Å². The van der Waals surface area contributed by atoms with Crippen LogP contribution in [0, 0.1) is 0 Å². The summed E-state index contributed by atoms with van der Waals surface area (Å²) in [6, 6.07) is 13.2. The second-order valence-electron chi connectivity index (χ2n) is 12.6. The Hall–Kier alpha value is -4.02.